The molecule has 0 fully saturated rings. The molecule has 3 rings (SSSR count). The van der Waals surface area contributed by atoms with Gasteiger partial charge in [-0.2, -0.15) is 11.3 Å². The summed E-state index contributed by atoms with van der Waals surface area (Å²) in [6, 6.07) is 7.85. The van der Waals surface area contributed by atoms with Crippen molar-refractivity contribution in [1.82, 2.24) is 5.32 Å². The van der Waals surface area contributed by atoms with E-state index >= 15 is 0 Å². The number of thiocarbonyl (C=S) groups is 1. The highest BCUT2D eigenvalue weighted by Gasteiger charge is 2.36. The minimum absolute atomic E-state index is 0.205. The standard InChI is InChI=1S/C21H24N2O3S2/c1-13-5-6-14(2)17(11-13)23-15(3)18(20(24)26-9-8-25-4)19(22-21(23)27)16-7-10-28-12-16/h5-7,10-12,19H,8-9H2,1-4H3,(H,22,27). The first-order chi connectivity index (χ1) is 13.4. The molecule has 5 nitrogen and oxygen atoms in total. The first kappa shape index (κ1) is 20.5. The fourth-order valence-electron chi connectivity index (χ4n) is 3.24. The highest BCUT2D eigenvalue weighted by atomic mass is 32.1. The number of methoxy groups -OCH3 is 1. The highest BCUT2D eigenvalue weighted by molar-refractivity contribution is 7.80. The number of ether oxygens (including phenoxy) is 2. The van der Waals surface area contributed by atoms with Crippen molar-refractivity contribution in [1.29, 1.82) is 0 Å². The Balaban J connectivity index is 2.08. The third kappa shape index (κ3) is 4.11. The van der Waals surface area contributed by atoms with Gasteiger partial charge >= 0.3 is 5.97 Å². The van der Waals surface area contributed by atoms with Crippen LogP contribution in [0.5, 0.6) is 0 Å². The van der Waals surface area contributed by atoms with Gasteiger partial charge in [0.15, 0.2) is 5.11 Å². The van der Waals surface area contributed by atoms with Crippen LogP contribution in [0.4, 0.5) is 5.69 Å². The van der Waals surface area contributed by atoms with Crippen molar-refractivity contribution in [3.05, 3.63) is 63.0 Å². The maximum atomic E-state index is 13.0. The predicted molar refractivity (Wildman–Crippen MR) is 117 cm³/mol. The lowest BCUT2D eigenvalue weighted by Crippen LogP contribution is -2.48. The Morgan fingerprint density at radius 2 is 2.04 bits per heavy atom. The molecule has 7 heteroatoms. The monoisotopic (exact) mass is 416 g/mol. The van der Waals surface area contributed by atoms with Crippen LogP contribution in [-0.4, -0.2) is 31.4 Å². The molecule has 0 amide bonds. The number of benzene rings is 1. The van der Waals surface area contributed by atoms with E-state index in [4.69, 9.17) is 21.7 Å². The first-order valence-electron chi connectivity index (χ1n) is 9.00. The number of allylic oxidation sites excluding steroid dienone is 1. The third-order valence-corrected chi connectivity index (χ3v) is 5.71. The minimum Gasteiger partial charge on any atom is -0.460 e. The zero-order valence-electron chi connectivity index (χ0n) is 16.4. The fourth-order valence-corrected chi connectivity index (χ4v) is 4.28. The Labute approximate surface area is 175 Å². The largest absolute Gasteiger partial charge is 0.460 e. The lowest BCUT2D eigenvalue weighted by molar-refractivity contribution is -0.140. The first-order valence-corrected chi connectivity index (χ1v) is 10.4. The molecule has 1 N–H and O–H groups in total. The molecule has 1 aromatic heterocycles. The maximum absolute atomic E-state index is 13.0. The maximum Gasteiger partial charge on any atom is 0.338 e. The van der Waals surface area contributed by atoms with Crippen LogP contribution in [-0.2, 0) is 14.3 Å². The molecule has 0 bridgehead atoms. The number of aryl methyl sites for hydroxylation is 2. The molecule has 148 valence electrons. The molecule has 0 saturated carbocycles. The molecular formula is C21H24N2O3S2. The minimum atomic E-state index is -0.365. The molecule has 2 heterocycles. The van der Waals surface area contributed by atoms with E-state index in [-0.39, 0.29) is 18.6 Å². The Kier molecular flexibility index (Phi) is 6.49. The molecule has 2 aromatic rings. The number of anilines is 1. The average Bonchev–Trinajstić information content (AvgIpc) is 3.18. The normalized spacial score (nSPS) is 16.9. The van der Waals surface area contributed by atoms with Gasteiger partial charge in [-0.3, -0.25) is 4.90 Å². The Morgan fingerprint density at radius 3 is 2.71 bits per heavy atom. The van der Waals surface area contributed by atoms with Gasteiger partial charge in [0, 0.05) is 12.8 Å². The van der Waals surface area contributed by atoms with Gasteiger partial charge in [-0.15, -0.1) is 0 Å². The molecule has 1 aromatic carbocycles. The summed E-state index contributed by atoms with van der Waals surface area (Å²) in [6.45, 7) is 6.55. The van der Waals surface area contributed by atoms with Crippen LogP contribution in [0.25, 0.3) is 0 Å². The molecule has 0 spiro atoms. The van der Waals surface area contributed by atoms with Gasteiger partial charge in [0.25, 0.3) is 0 Å². The molecule has 1 aliphatic heterocycles. The lowest BCUT2D eigenvalue weighted by atomic mass is 9.96. The summed E-state index contributed by atoms with van der Waals surface area (Å²) >= 11 is 7.28. The van der Waals surface area contributed by atoms with Gasteiger partial charge in [0.1, 0.15) is 6.61 Å². The van der Waals surface area contributed by atoms with Crippen molar-refractivity contribution in [2.24, 2.45) is 0 Å². The van der Waals surface area contributed by atoms with Crippen molar-refractivity contribution in [3.63, 3.8) is 0 Å². The van der Waals surface area contributed by atoms with E-state index in [0.29, 0.717) is 17.3 Å². The zero-order chi connectivity index (χ0) is 20.3. The molecule has 28 heavy (non-hydrogen) atoms. The van der Waals surface area contributed by atoms with E-state index in [1.54, 1.807) is 18.4 Å². The predicted octanol–water partition coefficient (Wildman–Crippen LogP) is 4.26. The van der Waals surface area contributed by atoms with E-state index in [1.807, 2.05) is 42.5 Å². The Bertz CT molecular complexity index is 906. The second kappa shape index (κ2) is 8.86. The van der Waals surface area contributed by atoms with Gasteiger partial charge < -0.3 is 14.8 Å². The summed E-state index contributed by atoms with van der Waals surface area (Å²) in [5, 5.41) is 7.91. The molecule has 0 saturated heterocycles. The average molecular weight is 417 g/mol. The second-order valence-electron chi connectivity index (χ2n) is 6.69. The Morgan fingerprint density at radius 1 is 1.25 bits per heavy atom. The van der Waals surface area contributed by atoms with E-state index < -0.39 is 0 Å². The van der Waals surface area contributed by atoms with Crippen LogP contribution in [0.15, 0.2) is 46.3 Å². The third-order valence-electron chi connectivity index (χ3n) is 4.71. The summed E-state index contributed by atoms with van der Waals surface area (Å²) in [6.07, 6.45) is 0. The SMILES string of the molecule is COCCOC(=O)C1=C(C)N(c2cc(C)ccc2C)C(=S)NC1c1ccsc1. The summed E-state index contributed by atoms with van der Waals surface area (Å²) in [5.74, 6) is -0.365. The quantitative estimate of drug-likeness (QED) is 0.431. The highest BCUT2D eigenvalue weighted by Crippen LogP contribution is 2.36. The number of nitrogens with zero attached hydrogens (tertiary/aromatic N) is 1. The number of thiophene rings is 1. The number of carbonyl (C=O) groups is 1. The number of hydrogen-bond donors (Lipinski definition) is 1. The number of rotatable bonds is 6. The van der Waals surface area contributed by atoms with Gasteiger partial charge in [0.2, 0.25) is 0 Å². The molecule has 1 aliphatic rings. The van der Waals surface area contributed by atoms with Gasteiger partial charge in [-0.05, 0) is 72.6 Å². The van der Waals surface area contributed by atoms with Crippen molar-refractivity contribution < 1.29 is 14.3 Å². The molecular weight excluding hydrogens is 392 g/mol. The molecule has 0 radical (unpaired) electrons. The number of hydrogen-bond acceptors (Lipinski definition) is 5. The van der Waals surface area contributed by atoms with Crippen molar-refractivity contribution in [2.45, 2.75) is 26.8 Å². The summed E-state index contributed by atoms with van der Waals surface area (Å²) in [7, 11) is 1.58. The molecule has 1 atom stereocenters. The zero-order valence-corrected chi connectivity index (χ0v) is 18.1. The number of nitrogens with one attached hydrogen (secondary N) is 1. The van der Waals surface area contributed by atoms with E-state index in [1.165, 1.54) is 0 Å². The van der Waals surface area contributed by atoms with E-state index in [2.05, 4.69) is 23.5 Å². The van der Waals surface area contributed by atoms with E-state index in [0.717, 1.165) is 28.1 Å². The number of carbonyl (C=O) groups excluding carboxylic acids is 1. The topological polar surface area (TPSA) is 50.8 Å². The smallest absolute Gasteiger partial charge is 0.338 e. The van der Waals surface area contributed by atoms with Gasteiger partial charge in [-0.25, -0.2) is 4.79 Å². The fraction of sp³-hybridized carbons (Fsp3) is 0.333. The van der Waals surface area contributed by atoms with E-state index in [9.17, 15) is 4.79 Å². The van der Waals surface area contributed by atoms with Crippen LogP contribution < -0.4 is 10.2 Å². The van der Waals surface area contributed by atoms with Crippen LogP contribution in [0.3, 0.4) is 0 Å². The lowest BCUT2D eigenvalue weighted by Gasteiger charge is -2.38. The summed E-state index contributed by atoms with van der Waals surface area (Å²) in [4.78, 5) is 14.9. The van der Waals surface area contributed by atoms with Crippen molar-refractivity contribution in [3.8, 4) is 0 Å². The van der Waals surface area contributed by atoms with Crippen LogP contribution in [0.2, 0.25) is 0 Å². The van der Waals surface area contributed by atoms with Gasteiger partial charge in [0.05, 0.1) is 23.9 Å². The summed E-state index contributed by atoms with van der Waals surface area (Å²) < 4.78 is 10.5. The summed E-state index contributed by atoms with van der Waals surface area (Å²) in [5.41, 5.74) is 5.49. The van der Waals surface area contributed by atoms with Crippen LogP contribution in [0, 0.1) is 13.8 Å². The molecule has 0 aliphatic carbocycles. The Hall–Kier alpha value is -2.22. The van der Waals surface area contributed by atoms with Crippen LogP contribution in [0.1, 0.15) is 29.7 Å². The molecule has 1 unspecified atom stereocenters. The number of esters is 1. The second-order valence-corrected chi connectivity index (χ2v) is 7.86. The van der Waals surface area contributed by atoms with Crippen molar-refractivity contribution in [2.75, 3.05) is 25.2 Å². The van der Waals surface area contributed by atoms with Gasteiger partial charge in [-0.1, -0.05) is 12.1 Å². The van der Waals surface area contributed by atoms with Crippen LogP contribution >= 0.6 is 23.6 Å². The van der Waals surface area contributed by atoms with Crippen molar-refractivity contribution >= 4 is 40.3 Å².